The Morgan fingerprint density at radius 1 is 1.31 bits per heavy atom. The molecule has 0 saturated heterocycles. The van der Waals surface area contributed by atoms with Crippen LogP contribution in [0.25, 0.3) is 0 Å². The predicted molar refractivity (Wildman–Crippen MR) is 59.4 cm³/mol. The van der Waals surface area contributed by atoms with Gasteiger partial charge in [-0.3, -0.25) is 0 Å². The Hall–Kier alpha value is -0.490. The number of rotatable bonds is 4. The Balaban J connectivity index is 2.66. The SMILES string of the molecule is CCc1cccc(CC(C)CCl)c1. The van der Waals surface area contributed by atoms with Crippen LogP contribution in [0.1, 0.15) is 25.0 Å². The summed E-state index contributed by atoms with van der Waals surface area (Å²) < 4.78 is 0. The van der Waals surface area contributed by atoms with Gasteiger partial charge in [0.2, 0.25) is 0 Å². The lowest BCUT2D eigenvalue weighted by Crippen LogP contribution is -2.01. The van der Waals surface area contributed by atoms with E-state index in [0.717, 1.165) is 18.7 Å². The van der Waals surface area contributed by atoms with E-state index in [2.05, 4.69) is 38.1 Å². The number of alkyl halides is 1. The molecule has 0 heterocycles. The van der Waals surface area contributed by atoms with Crippen molar-refractivity contribution in [2.45, 2.75) is 26.7 Å². The van der Waals surface area contributed by atoms with Crippen LogP contribution in [0.15, 0.2) is 24.3 Å². The van der Waals surface area contributed by atoms with E-state index in [9.17, 15) is 0 Å². The van der Waals surface area contributed by atoms with Gasteiger partial charge in [-0.25, -0.2) is 0 Å². The van der Waals surface area contributed by atoms with Crippen molar-refractivity contribution < 1.29 is 0 Å². The highest BCUT2D eigenvalue weighted by Gasteiger charge is 2.01. The fraction of sp³-hybridized carbons (Fsp3) is 0.500. The Morgan fingerprint density at radius 3 is 2.62 bits per heavy atom. The summed E-state index contributed by atoms with van der Waals surface area (Å²) in [5.74, 6) is 1.32. The maximum Gasteiger partial charge on any atom is 0.0252 e. The van der Waals surface area contributed by atoms with E-state index < -0.39 is 0 Å². The summed E-state index contributed by atoms with van der Waals surface area (Å²) in [7, 11) is 0. The molecule has 1 aromatic carbocycles. The lowest BCUT2D eigenvalue weighted by molar-refractivity contribution is 0.654. The highest BCUT2D eigenvalue weighted by Crippen LogP contribution is 2.12. The molecule has 0 spiro atoms. The van der Waals surface area contributed by atoms with Crippen molar-refractivity contribution in [2.24, 2.45) is 5.92 Å². The fourth-order valence-electron chi connectivity index (χ4n) is 1.43. The van der Waals surface area contributed by atoms with E-state index in [1.54, 1.807) is 0 Å². The summed E-state index contributed by atoms with van der Waals surface area (Å²) in [5.41, 5.74) is 2.83. The average Bonchev–Trinajstić information content (AvgIpc) is 2.18. The number of aryl methyl sites for hydroxylation is 1. The monoisotopic (exact) mass is 196 g/mol. The number of halogens is 1. The fourth-order valence-corrected chi connectivity index (χ4v) is 1.54. The molecule has 0 aliphatic rings. The Labute approximate surface area is 85.9 Å². The molecule has 1 atom stereocenters. The van der Waals surface area contributed by atoms with Crippen LogP contribution in [0.5, 0.6) is 0 Å². The smallest absolute Gasteiger partial charge is 0.0252 e. The molecular weight excluding hydrogens is 180 g/mol. The van der Waals surface area contributed by atoms with E-state index in [4.69, 9.17) is 11.6 Å². The normalized spacial score (nSPS) is 12.8. The first-order valence-electron chi connectivity index (χ1n) is 4.90. The first-order chi connectivity index (χ1) is 6.26. The van der Waals surface area contributed by atoms with Crippen molar-refractivity contribution in [1.82, 2.24) is 0 Å². The van der Waals surface area contributed by atoms with Gasteiger partial charge in [-0.1, -0.05) is 38.1 Å². The highest BCUT2D eigenvalue weighted by atomic mass is 35.5. The Bertz CT molecular complexity index is 255. The second-order valence-electron chi connectivity index (χ2n) is 3.64. The molecule has 13 heavy (non-hydrogen) atoms. The van der Waals surface area contributed by atoms with Gasteiger partial charge in [-0.05, 0) is 29.9 Å². The minimum Gasteiger partial charge on any atom is -0.126 e. The van der Waals surface area contributed by atoms with Gasteiger partial charge in [0.25, 0.3) is 0 Å². The minimum absolute atomic E-state index is 0.578. The van der Waals surface area contributed by atoms with Gasteiger partial charge >= 0.3 is 0 Å². The summed E-state index contributed by atoms with van der Waals surface area (Å²) in [4.78, 5) is 0. The van der Waals surface area contributed by atoms with Gasteiger partial charge in [-0.2, -0.15) is 0 Å². The van der Waals surface area contributed by atoms with Gasteiger partial charge in [0.05, 0.1) is 0 Å². The summed E-state index contributed by atoms with van der Waals surface area (Å²) in [6, 6.07) is 8.77. The molecule has 0 aliphatic carbocycles. The van der Waals surface area contributed by atoms with Gasteiger partial charge in [-0.15, -0.1) is 11.6 Å². The van der Waals surface area contributed by atoms with E-state index in [1.165, 1.54) is 11.1 Å². The van der Waals surface area contributed by atoms with Crippen LogP contribution in [-0.4, -0.2) is 5.88 Å². The number of benzene rings is 1. The van der Waals surface area contributed by atoms with E-state index in [0.29, 0.717) is 5.92 Å². The zero-order valence-corrected chi connectivity index (χ0v) is 9.14. The van der Waals surface area contributed by atoms with Crippen LogP contribution in [-0.2, 0) is 12.8 Å². The van der Waals surface area contributed by atoms with Crippen molar-refractivity contribution in [3.05, 3.63) is 35.4 Å². The molecule has 0 aromatic heterocycles. The van der Waals surface area contributed by atoms with Crippen LogP contribution < -0.4 is 0 Å². The van der Waals surface area contributed by atoms with Crippen molar-refractivity contribution in [3.8, 4) is 0 Å². The van der Waals surface area contributed by atoms with Crippen LogP contribution in [0.4, 0.5) is 0 Å². The molecule has 0 bridgehead atoms. The van der Waals surface area contributed by atoms with E-state index in [-0.39, 0.29) is 0 Å². The van der Waals surface area contributed by atoms with Crippen LogP contribution in [0.2, 0.25) is 0 Å². The van der Waals surface area contributed by atoms with Crippen molar-refractivity contribution in [3.63, 3.8) is 0 Å². The maximum atomic E-state index is 5.78. The van der Waals surface area contributed by atoms with E-state index in [1.807, 2.05) is 0 Å². The summed E-state index contributed by atoms with van der Waals surface area (Å²) in [5, 5.41) is 0. The van der Waals surface area contributed by atoms with Crippen molar-refractivity contribution in [2.75, 3.05) is 5.88 Å². The second-order valence-corrected chi connectivity index (χ2v) is 3.95. The zero-order valence-electron chi connectivity index (χ0n) is 8.39. The molecule has 72 valence electrons. The highest BCUT2D eigenvalue weighted by molar-refractivity contribution is 6.18. The average molecular weight is 197 g/mol. The third kappa shape index (κ3) is 3.40. The molecule has 1 rings (SSSR count). The lowest BCUT2D eigenvalue weighted by Gasteiger charge is -2.08. The molecule has 1 aromatic rings. The molecule has 0 amide bonds. The summed E-state index contributed by atoms with van der Waals surface area (Å²) >= 11 is 5.78. The second kappa shape index (κ2) is 5.29. The van der Waals surface area contributed by atoms with Crippen LogP contribution in [0, 0.1) is 5.92 Å². The quantitative estimate of drug-likeness (QED) is 0.645. The minimum atomic E-state index is 0.578. The molecule has 0 saturated carbocycles. The van der Waals surface area contributed by atoms with Gasteiger partial charge < -0.3 is 0 Å². The molecular formula is C12H17Cl. The van der Waals surface area contributed by atoms with Gasteiger partial charge in [0.15, 0.2) is 0 Å². The number of hydrogen-bond donors (Lipinski definition) is 0. The van der Waals surface area contributed by atoms with Gasteiger partial charge in [0, 0.05) is 5.88 Å². The summed E-state index contributed by atoms with van der Waals surface area (Å²) in [6.45, 7) is 4.37. The topological polar surface area (TPSA) is 0 Å². The van der Waals surface area contributed by atoms with Crippen LogP contribution >= 0.6 is 11.6 Å². The van der Waals surface area contributed by atoms with Crippen LogP contribution in [0.3, 0.4) is 0 Å². The molecule has 1 heteroatoms. The third-order valence-electron chi connectivity index (χ3n) is 2.25. The molecule has 0 N–H and O–H groups in total. The zero-order chi connectivity index (χ0) is 9.68. The largest absolute Gasteiger partial charge is 0.126 e. The Kier molecular flexibility index (Phi) is 4.31. The molecule has 0 fully saturated rings. The lowest BCUT2D eigenvalue weighted by atomic mass is 10.0. The molecule has 0 radical (unpaired) electrons. The summed E-state index contributed by atoms with van der Waals surface area (Å²) in [6.07, 6.45) is 2.21. The molecule has 1 unspecified atom stereocenters. The standard InChI is InChI=1S/C12H17Cl/c1-3-11-5-4-6-12(8-11)7-10(2)9-13/h4-6,8,10H,3,7,9H2,1-2H3. The molecule has 0 nitrogen and oxygen atoms in total. The Morgan fingerprint density at radius 2 is 2.00 bits per heavy atom. The maximum absolute atomic E-state index is 5.78. The first kappa shape index (κ1) is 10.6. The first-order valence-corrected chi connectivity index (χ1v) is 5.43. The van der Waals surface area contributed by atoms with E-state index >= 15 is 0 Å². The predicted octanol–water partition coefficient (Wildman–Crippen LogP) is 3.67. The molecule has 0 aliphatic heterocycles. The van der Waals surface area contributed by atoms with Gasteiger partial charge in [0.1, 0.15) is 0 Å². The van der Waals surface area contributed by atoms with Crippen molar-refractivity contribution in [1.29, 1.82) is 0 Å². The number of hydrogen-bond acceptors (Lipinski definition) is 0. The van der Waals surface area contributed by atoms with Crippen molar-refractivity contribution >= 4 is 11.6 Å². The third-order valence-corrected chi connectivity index (χ3v) is 2.77.